The van der Waals surface area contributed by atoms with E-state index in [9.17, 15) is 9.90 Å². The average Bonchev–Trinajstić information content (AvgIpc) is 2.54. The Morgan fingerprint density at radius 1 is 1.27 bits per heavy atom. The predicted molar refractivity (Wildman–Crippen MR) is 84.6 cm³/mol. The van der Waals surface area contributed by atoms with Crippen LogP contribution in [-0.2, 0) is 4.79 Å². The molecular weight excluding hydrogens is 282 g/mol. The van der Waals surface area contributed by atoms with Gasteiger partial charge in [-0.1, -0.05) is 18.2 Å². The fourth-order valence-electron chi connectivity index (χ4n) is 2.50. The molecule has 2 rings (SSSR count). The number of para-hydroxylation sites is 1. The van der Waals surface area contributed by atoms with Crippen LogP contribution in [0.4, 0.5) is 0 Å². The molecule has 1 aromatic rings. The first-order valence-corrected chi connectivity index (χ1v) is 7.69. The normalized spacial score (nSPS) is 18.8. The summed E-state index contributed by atoms with van der Waals surface area (Å²) in [7, 11) is 0. The molecule has 1 amide bonds. The van der Waals surface area contributed by atoms with Crippen LogP contribution in [-0.4, -0.2) is 72.3 Å². The molecule has 122 valence electrons. The van der Waals surface area contributed by atoms with Crippen LogP contribution in [0.1, 0.15) is 6.92 Å². The van der Waals surface area contributed by atoms with Crippen LogP contribution in [0.2, 0.25) is 0 Å². The number of amides is 1. The number of hydrogen-bond acceptors (Lipinski definition) is 5. The molecule has 1 aliphatic rings. The first-order valence-electron chi connectivity index (χ1n) is 7.69. The zero-order valence-corrected chi connectivity index (χ0v) is 13.0. The Labute approximate surface area is 131 Å². The Morgan fingerprint density at radius 3 is 2.50 bits per heavy atom. The van der Waals surface area contributed by atoms with E-state index in [4.69, 9.17) is 10.5 Å². The number of hydrogen-bond donors (Lipinski definition) is 2. The molecule has 1 heterocycles. The molecule has 0 radical (unpaired) electrons. The van der Waals surface area contributed by atoms with Crippen molar-refractivity contribution in [3.05, 3.63) is 30.3 Å². The molecule has 3 N–H and O–H groups in total. The van der Waals surface area contributed by atoms with Crippen molar-refractivity contribution >= 4 is 5.91 Å². The van der Waals surface area contributed by atoms with Crippen molar-refractivity contribution in [3.63, 3.8) is 0 Å². The van der Waals surface area contributed by atoms with Crippen LogP contribution in [0.5, 0.6) is 5.75 Å². The van der Waals surface area contributed by atoms with E-state index in [0.717, 1.165) is 18.8 Å². The molecule has 0 aromatic heterocycles. The Kier molecular flexibility index (Phi) is 6.18. The zero-order valence-electron chi connectivity index (χ0n) is 13.0. The average molecular weight is 307 g/mol. The summed E-state index contributed by atoms with van der Waals surface area (Å²) in [5, 5.41) is 10.1. The smallest absolute Gasteiger partial charge is 0.239 e. The first-order chi connectivity index (χ1) is 10.6. The Morgan fingerprint density at radius 2 is 1.91 bits per heavy atom. The second-order valence-corrected chi connectivity index (χ2v) is 5.69. The highest BCUT2D eigenvalue weighted by Gasteiger charge is 2.24. The molecule has 1 saturated heterocycles. The number of ether oxygens (including phenoxy) is 1. The highest BCUT2D eigenvalue weighted by molar-refractivity contribution is 5.81. The van der Waals surface area contributed by atoms with Crippen molar-refractivity contribution in [1.82, 2.24) is 9.80 Å². The van der Waals surface area contributed by atoms with Gasteiger partial charge in [0, 0.05) is 32.7 Å². The largest absolute Gasteiger partial charge is 0.491 e. The van der Waals surface area contributed by atoms with Crippen molar-refractivity contribution in [2.24, 2.45) is 5.73 Å². The minimum absolute atomic E-state index is 0.00684. The van der Waals surface area contributed by atoms with Crippen molar-refractivity contribution in [3.8, 4) is 5.75 Å². The molecule has 1 aliphatic heterocycles. The lowest BCUT2D eigenvalue weighted by Gasteiger charge is -2.36. The quantitative estimate of drug-likeness (QED) is 0.768. The molecule has 22 heavy (non-hydrogen) atoms. The molecule has 0 saturated carbocycles. The van der Waals surface area contributed by atoms with Crippen LogP contribution < -0.4 is 10.5 Å². The molecule has 2 unspecified atom stereocenters. The maximum absolute atomic E-state index is 11.8. The van der Waals surface area contributed by atoms with Gasteiger partial charge in [0.1, 0.15) is 18.5 Å². The van der Waals surface area contributed by atoms with Gasteiger partial charge in [0.2, 0.25) is 5.91 Å². The number of nitrogens with zero attached hydrogens (tertiary/aromatic N) is 2. The zero-order chi connectivity index (χ0) is 15.9. The van der Waals surface area contributed by atoms with Gasteiger partial charge < -0.3 is 20.5 Å². The van der Waals surface area contributed by atoms with Crippen LogP contribution in [0.15, 0.2) is 30.3 Å². The molecule has 0 bridgehead atoms. The third kappa shape index (κ3) is 4.98. The van der Waals surface area contributed by atoms with E-state index in [1.807, 2.05) is 30.3 Å². The monoisotopic (exact) mass is 307 g/mol. The second-order valence-electron chi connectivity index (χ2n) is 5.69. The van der Waals surface area contributed by atoms with Gasteiger partial charge in [0.05, 0.1) is 6.04 Å². The highest BCUT2D eigenvalue weighted by Crippen LogP contribution is 2.09. The Bertz CT molecular complexity index is 459. The van der Waals surface area contributed by atoms with Crippen molar-refractivity contribution in [2.45, 2.75) is 19.1 Å². The van der Waals surface area contributed by atoms with Crippen LogP contribution in [0, 0.1) is 0 Å². The Balaban J connectivity index is 1.68. The summed E-state index contributed by atoms with van der Waals surface area (Å²) in [6.07, 6.45) is -0.545. The van der Waals surface area contributed by atoms with E-state index in [1.165, 1.54) is 0 Å². The third-order valence-corrected chi connectivity index (χ3v) is 3.73. The number of β-amino-alcohol motifs (C(OH)–C–C–N with tert-alkyl or cyclic N) is 1. The number of nitrogens with two attached hydrogens (primary N) is 1. The van der Waals surface area contributed by atoms with Crippen molar-refractivity contribution < 1.29 is 14.6 Å². The molecule has 1 aromatic carbocycles. The molecule has 0 spiro atoms. The minimum Gasteiger partial charge on any atom is -0.491 e. The van der Waals surface area contributed by atoms with Gasteiger partial charge in [-0.3, -0.25) is 9.69 Å². The van der Waals surface area contributed by atoms with E-state index in [2.05, 4.69) is 4.90 Å². The summed E-state index contributed by atoms with van der Waals surface area (Å²) < 4.78 is 5.54. The van der Waals surface area contributed by atoms with E-state index in [-0.39, 0.29) is 12.5 Å². The minimum atomic E-state index is -0.545. The predicted octanol–water partition coefficient (Wildman–Crippen LogP) is -0.0823. The summed E-state index contributed by atoms with van der Waals surface area (Å²) in [6, 6.07) is 9.01. The molecule has 0 aliphatic carbocycles. The highest BCUT2D eigenvalue weighted by atomic mass is 16.5. The molecular formula is C16H25N3O3. The fourth-order valence-corrected chi connectivity index (χ4v) is 2.50. The number of aliphatic hydroxyl groups excluding tert-OH is 1. The van der Waals surface area contributed by atoms with Crippen LogP contribution in [0.25, 0.3) is 0 Å². The molecule has 6 nitrogen and oxygen atoms in total. The SMILES string of the molecule is CC(N)C(=O)N1CCN(CC(O)COc2ccccc2)CC1. The van der Waals surface area contributed by atoms with Crippen LogP contribution >= 0.6 is 0 Å². The van der Waals surface area contributed by atoms with E-state index < -0.39 is 12.1 Å². The van der Waals surface area contributed by atoms with Gasteiger partial charge in [0.15, 0.2) is 0 Å². The standard InChI is InChI=1S/C16H25N3O3/c1-13(17)16(21)19-9-7-18(8-10-19)11-14(20)12-22-15-5-3-2-4-6-15/h2-6,13-14,20H,7-12,17H2,1H3. The molecule has 6 heteroatoms. The second kappa shape index (κ2) is 8.12. The van der Waals surface area contributed by atoms with Crippen LogP contribution in [0.3, 0.4) is 0 Å². The topological polar surface area (TPSA) is 79.0 Å². The summed E-state index contributed by atoms with van der Waals surface area (Å²) >= 11 is 0. The fraction of sp³-hybridized carbons (Fsp3) is 0.562. The maximum atomic E-state index is 11.8. The number of carbonyl (C=O) groups excluding carboxylic acids is 1. The van der Waals surface area contributed by atoms with Gasteiger partial charge in [-0.25, -0.2) is 0 Å². The van der Waals surface area contributed by atoms with Gasteiger partial charge >= 0.3 is 0 Å². The van der Waals surface area contributed by atoms with E-state index >= 15 is 0 Å². The van der Waals surface area contributed by atoms with Gasteiger partial charge in [-0.15, -0.1) is 0 Å². The lowest BCUT2D eigenvalue weighted by Crippen LogP contribution is -2.53. The lowest BCUT2D eigenvalue weighted by molar-refractivity contribution is -0.134. The van der Waals surface area contributed by atoms with Crippen molar-refractivity contribution in [2.75, 3.05) is 39.3 Å². The molecule has 2 atom stereocenters. The lowest BCUT2D eigenvalue weighted by atomic mass is 10.2. The molecule has 1 fully saturated rings. The van der Waals surface area contributed by atoms with Gasteiger partial charge in [-0.2, -0.15) is 0 Å². The summed E-state index contributed by atoms with van der Waals surface area (Å²) in [6.45, 7) is 5.34. The number of carbonyl (C=O) groups is 1. The Hall–Kier alpha value is -1.63. The van der Waals surface area contributed by atoms with E-state index in [0.29, 0.717) is 19.6 Å². The van der Waals surface area contributed by atoms with E-state index in [1.54, 1.807) is 11.8 Å². The number of piperazine rings is 1. The summed E-state index contributed by atoms with van der Waals surface area (Å²) in [4.78, 5) is 15.7. The number of aliphatic hydroxyl groups is 1. The van der Waals surface area contributed by atoms with Gasteiger partial charge in [0.25, 0.3) is 0 Å². The van der Waals surface area contributed by atoms with Gasteiger partial charge in [-0.05, 0) is 19.1 Å². The number of rotatable bonds is 6. The van der Waals surface area contributed by atoms with Crippen molar-refractivity contribution in [1.29, 1.82) is 0 Å². The maximum Gasteiger partial charge on any atom is 0.239 e. The number of benzene rings is 1. The third-order valence-electron chi connectivity index (χ3n) is 3.73. The summed E-state index contributed by atoms with van der Waals surface area (Å²) in [5.74, 6) is 0.751. The summed E-state index contributed by atoms with van der Waals surface area (Å²) in [5.41, 5.74) is 5.62. The first kappa shape index (κ1) is 16.7.